The summed E-state index contributed by atoms with van der Waals surface area (Å²) in [6.07, 6.45) is 3.31. The molecular weight excluding hydrogens is 304 g/mol. The maximum atomic E-state index is 12.1. The van der Waals surface area contributed by atoms with Gasteiger partial charge in [-0.15, -0.1) is 0 Å². The van der Waals surface area contributed by atoms with Crippen LogP contribution in [0.3, 0.4) is 0 Å². The molecule has 2 aromatic rings. The molecule has 8 heteroatoms. The van der Waals surface area contributed by atoms with Crippen molar-refractivity contribution in [3.8, 4) is 0 Å². The summed E-state index contributed by atoms with van der Waals surface area (Å²) in [5.41, 5.74) is 0.529. The average Bonchev–Trinajstić information content (AvgIpc) is 3.01. The molecule has 1 unspecified atom stereocenters. The Morgan fingerprint density at radius 2 is 1.91 bits per heavy atom. The first-order chi connectivity index (χ1) is 10.3. The summed E-state index contributed by atoms with van der Waals surface area (Å²) in [4.78, 5) is 12.3. The minimum Gasteiger partial charge on any atom is -0.324 e. The van der Waals surface area contributed by atoms with Crippen LogP contribution >= 0.6 is 0 Å². The fraction of sp³-hybridized carbons (Fsp3) is 0.286. The van der Waals surface area contributed by atoms with Crippen molar-refractivity contribution in [2.24, 2.45) is 0 Å². The Morgan fingerprint density at radius 1 is 1.27 bits per heavy atom. The Bertz CT molecular complexity index is 737. The summed E-state index contributed by atoms with van der Waals surface area (Å²) >= 11 is 0. The van der Waals surface area contributed by atoms with E-state index in [1.54, 1.807) is 42.2 Å². The van der Waals surface area contributed by atoms with Crippen molar-refractivity contribution in [3.05, 3.63) is 42.7 Å². The van der Waals surface area contributed by atoms with Gasteiger partial charge in [0.2, 0.25) is 15.9 Å². The number of nitrogens with zero attached hydrogens (tertiary/aromatic N) is 3. The third kappa shape index (κ3) is 3.34. The van der Waals surface area contributed by atoms with Crippen molar-refractivity contribution in [2.75, 3.05) is 19.4 Å². The van der Waals surface area contributed by atoms with Crippen molar-refractivity contribution in [1.29, 1.82) is 0 Å². The summed E-state index contributed by atoms with van der Waals surface area (Å²) in [5, 5.41) is 6.75. The summed E-state index contributed by atoms with van der Waals surface area (Å²) in [7, 11) is -0.529. The van der Waals surface area contributed by atoms with E-state index in [0.29, 0.717) is 5.69 Å². The molecular formula is C14H18N4O3S. The van der Waals surface area contributed by atoms with E-state index in [1.165, 1.54) is 26.2 Å². The number of hydrogen-bond donors (Lipinski definition) is 1. The molecule has 1 heterocycles. The minimum absolute atomic E-state index is 0.177. The van der Waals surface area contributed by atoms with Crippen LogP contribution in [0.15, 0.2) is 47.6 Å². The number of carbonyl (C=O) groups excluding carboxylic acids is 1. The van der Waals surface area contributed by atoms with E-state index < -0.39 is 16.1 Å². The molecule has 0 aliphatic rings. The largest absolute Gasteiger partial charge is 0.324 e. The van der Waals surface area contributed by atoms with Gasteiger partial charge in [0, 0.05) is 32.2 Å². The number of amides is 1. The Labute approximate surface area is 129 Å². The van der Waals surface area contributed by atoms with Crippen molar-refractivity contribution < 1.29 is 13.2 Å². The second-order valence-electron chi connectivity index (χ2n) is 4.96. The van der Waals surface area contributed by atoms with Crippen molar-refractivity contribution in [1.82, 2.24) is 14.1 Å². The highest BCUT2D eigenvalue weighted by molar-refractivity contribution is 7.89. The van der Waals surface area contributed by atoms with E-state index in [-0.39, 0.29) is 10.8 Å². The molecule has 0 aliphatic carbocycles. The van der Waals surface area contributed by atoms with Gasteiger partial charge in [0.05, 0.1) is 4.90 Å². The van der Waals surface area contributed by atoms with E-state index in [4.69, 9.17) is 0 Å². The lowest BCUT2D eigenvalue weighted by atomic mass is 10.2. The van der Waals surface area contributed by atoms with Gasteiger partial charge in [-0.3, -0.25) is 9.48 Å². The Morgan fingerprint density at radius 3 is 2.41 bits per heavy atom. The number of aromatic nitrogens is 2. The molecule has 0 bridgehead atoms. The van der Waals surface area contributed by atoms with Crippen LogP contribution < -0.4 is 5.32 Å². The molecule has 0 saturated heterocycles. The van der Waals surface area contributed by atoms with E-state index in [2.05, 4.69) is 10.4 Å². The van der Waals surface area contributed by atoms with Crippen molar-refractivity contribution >= 4 is 21.6 Å². The molecule has 1 amide bonds. The van der Waals surface area contributed by atoms with Crippen LogP contribution in [0.25, 0.3) is 0 Å². The van der Waals surface area contributed by atoms with Gasteiger partial charge < -0.3 is 5.32 Å². The third-order valence-electron chi connectivity index (χ3n) is 3.20. The lowest BCUT2D eigenvalue weighted by molar-refractivity contribution is -0.119. The minimum atomic E-state index is -3.47. The van der Waals surface area contributed by atoms with Crippen molar-refractivity contribution in [2.45, 2.75) is 17.9 Å². The molecule has 0 aliphatic heterocycles. The number of carbonyl (C=O) groups is 1. The monoisotopic (exact) mass is 322 g/mol. The molecule has 1 aromatic carbocycles. The molecule has 0 saturated carbocycles. The summed E-state index contributed by atoms with van der Waals surface area (Å²) in [6, 6.07) is 7.33. The number of benzene rings is 1. The number of sulfonamides is 1. The molecule has 2 rings (SSSR count). The second kappa shape index (κ2) is 6.29. The average molecular weight is 322 g/mol. The van der Waals surface area contributed by atoms with Crippen LogP contribution in [-0.4, -0.2) is 42.5 Å². The van der Waals surface area contributed by atoms with Crippen LogP contribution in [0.1, 0.15) is 13.0 Å². The van der Waals surface area contributed by atoms with Crippen LogP contribution in [0.2, 0.25) is 0 Å². The van der Waals surface area contributed by atoms with Gasteiger partial charge in [0.15, 0.2) is 0 Å². The van der Waals surface area contributed by atoms with Gasteiger partial charge in [-0.2, -0.15) is 5.10 Å². The second-order valence-corrected chi connectivity index (χ2v) is 7.11. The Hall–Kier alpha value is -2.19. The molecule has 0 fully saturated rings. The maximum absolute atomic E-state index is 12.1. The third-order valence-corrected chi connectivity index (χ3v) is 5.03. The fourth-order valence-electron chi connectivity index (χ4n) is 1.80. The summed E-state index contributed by atoms with van der Waals surface area (Å²) in [6.45, 7) is 1.73. The molecule has 22 heavy (non-hydrogen) atoms. The van der Waals surface area contributed by atoms with Gasteiger partial charge in [-0.25, -0.2) is 12.7 Å². The standard InChI is InChI=1S/C14H18N4O3S/c1-11(18-10-4-9-15-18)14(19)16-12-5-7-13(8-6-12)22(20,21)17(2)3/h4-11H,1-3H3,(H,16,19). The highest BCUT2D eigenvalue weighted by Gasteiger charge is 2.18. The van der Waals surface area contributed by atoms with E-state index in [1.807, 2.05) is 0 Å². The van der Waals surface area contributed by atoms with Gasteiger partial charge in [-0.1, -0.05) is 0 Å². The number of nitrogens with one attached hydrogen (secondary N) is 1. The predicted octanol–water partition coefficient (Wildman–Crippen LogP) is 1.33. The van der Waals surface area contributed by atoms with Gasteiger partial charge >= 0.3 is 0 Å². The lowest BCUT2D eigenvalue weighted by Crippen LogP contribution is -2.24. The number of rotatable bonds is 5. The summed E-state index contributed by atoms with van der Waals surface area (Å²) in [5.74, 6) is -0.230. The lowest BCUT2D eigenvalue weighted by Gasteiger charge is -2.14. The molecule has 1 aromatic heterocycles. The van der Waals surface area contributed by atoms with Crippen molar-refractivity contribution in [3.63, 3.8) is 0 Å². The maximum Gasteiger partial charge on any atom is 0.248 e. The normalized spacial score (nSPS) is 13.1. The van der Waals surface area contributed by atoms with Crippen LogP contribution in [0.5, 0.6) is 0 Å². The molecule has 0 spiro atoms. The molecule has 1 N–H and O–H groups in total. The quantitative estimate of drug-likeness (QED) is 0.900. The van der Waals surface area contributed by atoms with E-state index >= 15 is 0 Å². The van der Waals surface area contributed by atoms with Crippen LogP contribution in [-0.2, 0) is 14.8 Å². The Balaban J connectivity index is 2.10. The molecule has 0 radical (unpaired) electrons. The van der Waals surface area contributed by atoms with Gasteiger partial charge in [0.1, 0.15) is 6.04 Å². The first-order valence-corrected chi connectivity index (χ1v) is 8.09. The van der Waals surface area contributed by atoms with E-state index in [9.17, 15) is 13.2 Å². The number of hydrogen-bond acceptors (Lipinski definition) is 4. The fourth-order valence-corrected chi connectivity index (χ4v) is 2.70. The van der Waals surface area contributed by atoms with E-state index in [0.717, 1.165) is 4.31 Å². The zero-order valence-corrected chi connectivity index (χ0v) is 13.4. The Kier molecular flexibility index (Phi) is 4.62. The molecule has 1 atom stereocenters. The SMILES string of the molecule is CC(C(=O)Nc1ccc(S(=O)(=O)N(C)C)cc1)n1cccn1. The summed E-state index contributed by atoms with van der Waals surface area (Å²) < 4.78 is 26.6. The first-order valence-electron chi connectivity index (χ1n) is 6.65. The topological polar surface area (TPSA) is 84.3 Å². The van der Waals surface area contributed by atoms with Gasteiger partial charge in [0.25, 0.3) is 0 Å². The highest BCUT2D eigenvalue weighted by atomic mass is 32.2. The smallest absolute Gasteiger partial charge is 0.248 e. The van der Waals surface area contributed by atoms with Crippen LogP contribution in [0.4, 0.5) is 5.69 Å². The first kappa shape index (κ1) is 16.2. The van der Waals surface area contributed by atoms with Crippen LogP contribution in [0, 0.1) is 0 Å². The molecule has 7 nitrogen and oxygen atoms in total. The predicted molar refractivity (Wildman–Crippen MR) is 82.9 cm³/mol. The number of anilines is 1. The zero-order valence-electron chi connectivity index (χ0n) is 12.6. The van der Waals surface area contributed by atoms with Gasteiger partial charge in [-0.05, 0) is 37.3 Å². The highest BCUT2D eigenvalue weighted by Crippen LogP contribution is 2.17. The molecule has 118 valence electrons. The zero-order chi connectivity index (χ0) is 16.3.